The van der Waals surface area contributed by atoms with Crippen molar-refractivity contribution in [1.82, 2.24) is 4.90 Å². The highest BCUT2D eigenvalue weighted by molar-refractivity contribution is 6.28. The Hall–Kier alpha value is -2.79. The second-order valence-corrected chi connectivity index (χ2v) is 6.25. The van der Waals surface area contributed by atoms with Gasteiger partial charge in [-0.2, -0.15) is 0 Å². The first-order chi connectivity index (χ1) is 12.1. The van der Waals surface area contributed by atoms with Crippen LogP contribution in [0.5, 0.6) is 0 Å². The summed E-state index contributed by atoms with van der Waals surface area (Å²) in [6.07, 6.45) is 0.219. The zero-order chi connectivity index (χ0) is 17.4. The number of benzene rings is 2. The number of hydrogen-bond acceptors (Lipinski definition) is 4. The van der Waals surface area contributed by atoms with Crippen LogP contribution in [0.25, 0.3) is 0 Å². The molecule has 0 aromatic heterocycles. The second kappa shape index (κ2) is 6.26. The molecule has 0 spiro atoms. The van der Waals surface area contributed by atoms with Crippen LogP contribution < -0.4 is 0 Å². The van der Waals surface area contributed by atoms with Crippen molar-refractivity contribution in [3.8, 4) is 0 Å². The van der Waals surface area contributed by atoms with Crippen molar-refractivity contribution in [3.63, 3.8) is 0 Å². The van der Waals surface area contributed by atoms with E-state index in [1.807, 2.05) is 0 Å². The Morgan fingerprint density at radius 1 is 0.880 bits per heavy atom. The molecular weight excluding hydrogens is 318 g/mol. The molecule has 2 aromatic rings. The molecule has 1 aliphatic heterocycles. The number of carbonyl (C=O) groups is 3. The van der Waals surface area contributed by atoms with Crippen LogP contribution in [-0.2, 0) is 16.0 Å². The van der Waals surface area contributed by atoms with Gasteiger partial charge in [-0.1, -0.05) is 36.4 Å². The van der Waals surface area contributed by atoms with Crippen LogP contribution in [-0.4, -0.2) is 48.7 Å². The number of ether oxygens (including phenoxy) is 1. The number of carbonyl (C=O) groups excluding carboxylic acids is 3. The van der Waals surface area contributed by atoms with Gasteiger partial charge in [0.2, 0.25) is 5.91 Å². The average Bonchev–Trinajstić information content (AvgIpc) is 2.67. The van der Waals surface area contributed by atoms with Gasteiger partial charge in [0, 0.05) is 35.3 Å². The highest BCUT2D eigenvalue weighted by atomic mass is 16.5. The van der Waals surface area contributed by atoms with E-state index < -0.39 is 0 Å². The number of morpholine rings is 1. The normalized spacial score (nSPS) is 16.4. The second-order valence-electron chi connectivity index (χ2n) is 6.25. The Labute approximate surface area is 145 Å². The van der Waals surface area contributed by atoms with Gasteiger partial charge < -0.3 is 9.64 Å². The zero-order valence-electron chi connectivity index (χ0n) is 13.7. The van der Waals surface area contributed by atoms with E-state index in [-0.39, 0.29) is 23.9 Å². The van der Waals surface area contributed by atoms with Gasteiger partial charge in [0.25, 0.3) is 0 Å². The lowest BCUT2D eigenvalue weighted by Gasteiger charge is -2.27. The number of hydrogen-bond donors (Lipinski definition) is 0. The van der Waals surface area contributed by atoms with Crippen LogP contribution in [0.2, 0.25) is 0 Å². The Morgan fingerprint density at radius 3 is 2.16 bits per heavy atom. The molecule has 0 atom stereocenters. The molecule has 1 heterocycles. The minimum absolute atomic E-state index is 0.0123. The molecule has 0 bridgehead atoms. The molecule has 0 radical (unpaired) electrons. The minimum Gasteiger partial charge on any atom is -0.378 e. The van der Waals surface area contributed by atoms with E-state index in [2.05, 4.69) is 0 Å². The van der Waals surface area contributed by atoms with E-state index >= 15 is 0 Å². The predicted molar refractivity (Wildman–Crippen MR) is 90.9 cm³/mol. The predicted octanol–water partition coefficient (Wildman–Crippen LogP) is 1.86. The molecule has 2 aliphatic rings. The molecule has 4 rings (SSSR count). The monoisotopic (exact) mass is 335 g/mol. The van der Waals surface area contributed by atoms with E-state index in [0.717, 1.165) is 5.56 Å². The van der Waals surface area contributed by atoms with Gasteiger partial charge >= 0.3 is 0 Å². The summed E-state index contributed by atoms with van der Waals surface area (Å²) in [4.78, 5) is 39.5. The molecule has 1 aliphatic carbocycles. The zero-order valence-corrected chi connectivity index (χ0v) is 13.7. The van der Waals surface area contributed by atoms with Crippen LogP contribution in [0, 0.1) is 0 Å². The Bertz CT molecular complexity index is 881. The summed E-state index contributed by atoms with van der Waals surface area (Å²) in [5.41, 5.74) is 2.41. The Kier molecular flexibility index (Phi) is 3.93. The van der Waals surface area contributed by atoms with Crippen molar-refractivity contribution in [3.05, 3.63) is 70.3 Å². The Morgan fingerprint density at radius 2 is 1.48 bits per heavy atom. The summed E-state index contributed by atoms with van der Waals surface area (Å²) < 4.78 is 5.26. The minimum atomic E-state index is -0.161. The summed E-state index contributed by atoms with van der Waals surface area (Å²) in [6.45, 7) is 2.29. The first kappa shape index (κ1) is 15.7. The van der Waals surface area contributed by atoms with Gasteiger partial charge in [0.1, 0.15) is 0 Å². The van der Waals surface area contributed by atoms with Gasteiger partial charge in [-0.3, -0.25) is 14.4 Å². The van der Waals surface area contributed by atoms with E-state index in [1.165, 1.54) is 0 Å². The molecule has 1 fully saturated rings. The molecule has 5 heteroatoms. The fraction of sp³-hybridized carbons (Fsp3) is 0.250. The Balaban J connectivity index is 1.63. The first-order valence-corrected chi connectivity index (χ1v) is 8.32. The SMILES string of the molecule is O=C1c2ccccc2C(=O)c2cc(CC(=O)N3CCOCC3)ccc21. The van der Waals surface area contributed by atoms with Gasteiger partial charge in [0.05, 0.1) is 19.6 Å². The fourth-order valence-corrected chi connectivity index (χ4v) is 3.36. The first-order valence-electron chi connectivity index (χ1n) is 8.32. The number of amides is 1. The van der Waals surface area contributed by atoms with E-state index in [9.17, 15) is 14.4 Å². The van der Waals surface area contributed by atoms with Gasteiger partial charge in [-0.25, -0.2) is 0 Å². The van der Waals surface area contributed by atoms with Crippen molar-refractivity contribution in [1.29, 1.82) is 0 Å². The maximum absolute atomic E-state index is 12.7. The molecule has 2 aromatic carbocycles. The molecule has 1 saturated heterocycles. The third kappa shape index (κ3) is 2.76. The quantitative estimate of drug-likeness (QED) is 0.717. The average molecular weight is 335 g/mol. The lowest BCUT2D eigenvalue weighted by molar-refractivity contribution is -0.134. The molecule has 0 saturated carbocycles. The van der Waals surface area contributed by atoms with Crippen LogP contribution in [0.3, 0.4) is 0 Å². The van der Waals surface area contributed by atoms with Crippen LogP contribution >= 0.6 is 0 Å². The standard InChI is InChI=1S/C20H17NO4/c22-18(21-7-9-25-10-8-21)12-13-5-6-16-17(11-13)20(24)15-4-2-1-3-14(15)19(16)23/h1-6,11H,7-10,12H2. The summed E-state index contributed by atoms with van der Waals surface area (Å²) >= 11 is 0. The largest absolute Gasteiger partial charge is 0.378 e. The van der Waals surface area contributed by atoms with Crippen LogP contribution in [0.15, 0.2) is 42.5 Å². The molecule has 1 amide bonds. The van der Waals surface area contributed by atoms with Crippen LogP contribution in [0.1, 0.15) is 37.4 Å². The molecular formula is C20H17NO4. The van der Waals surface area contributed by atoms with E-state index in [0.29, 0.717) is 48.6 Å². The molecule has 126 valence electrons. The van der Waals surface area contributed by atoms with Gasteiger partial charge in [-0.05, 0) is 11.6 Å². The third-order valence-corrected chi connectivity index (χ3v) is 4.71. The van der Waals surface area contributed by atoms with Crippen molar-refractivity contribution >= 4 is 17.5 Å². The molecule has 5 nitrogen and oxygen atoms in total. The summed E-state index contributed by atoms with van der Waals surface area (Å²) in [5, 5.41) is 0. The number of nitrogens with zero attached hydrogens (tertiary/aromatic N) is 1. The smallest absolute Gasteiger partial charge is 0.227 e. The third-order valence-electron chi connectivity index (χ3n) is 4.71. The summed E-state index contributed by atoms with van der Waals surface area (Å²) in [5.74, 6) is -0.291. The lowest BCUT2D eigenvalue weighted by Crippen LogP contribution is -2.41. The van der Waals surface area contributed by atoms with E-state index in [4.69, 9.17) is 4.74 Å². The number of ketones is 2. The molecule has 25 heavy (non-hydrogen) atoms. The maximum Gasteiger partial charge on any atom is 0.227 e. The van der Waals surface area contributed by atoms with Crippen molar-refractivity contribution in [2.45, 2.75) is 6.42 Å². The van der Waals surface area contributed by atoms with Crippen molar-refractivity contribution in [2.24, 2.45) is 0 Å². The summed E-state index contributed by atoms with van der Waals surface area (Å²) in [6, 6.07) is 12.0. The lowest BCUT2D eigenvalue weighted by atomic mass is 9.83. The van der Waals surface area contributed by atoms with Crippen molar-refractivity contribution < 1.29 is 19.1 Å². The van der Waals surface area contributed by atoms with Crippen molar-refractivity contribution in [2.75, 3.05) is 26.3 Å². The molecule has 0 unspecified atom stereocenters. The number of rotatable bonds is 2. The fourth-order valence-electron chi connectivity index (χ4n) is 3.36. The van der Waals surface area contributed by atoms with Gasteiger partial charge in [0.15, 0.2) is 11.6 Å². The highest BCUT2D eigenvalue weighted by Gasteiger charge is 2.29. The van der Waals surface area contributed by atoms with Crippen LogP contribution in [0.4, 0.5) is 0 Å². The summed E-state index contributed by atoms with van der Waals surface area (Å²) in [7, 11) is 0. The van der Waals surface area contributed by atoms with Gasteiger partial charge in [-0.15, -0.1) is 0 Å². The van der Waals surface area contributed by atoms with E-state index in [1.54, 1.807) is 47.4 Å². The highest BCUT2D eigenvalue weighted by Crippen LogP contribution is 2.28. The number of fused-ring (bicyclic) bond motifs is 2. The maximum atomic E-state index is 12.7. The molecule has 0 N–H and O–H groups in total. The topological polar surface area (TPSA) is 63.7 Å².